The standard InChI is InChI=1S/C14H9Br2F2N3O4/c15-11-12(14(25)19-8-2-1-6(17)5-7(8)18)20-21(13(11)16)9(22)3-4-10(23)24/h1-2,5H,3-4H2,(H,19,25)(H,23,24). The van der Waals surface area contributed by atoms with E-state index in [-0.39, 0.29) is 26.9 Å². The highest BCUT2D eigenvalue weighted by atomic mass is 79.9. The molecule has 11 heteroatoms. The molecule has 1 aromatic heterocycles. The first kappa shape index (κ1) is 19.2. The maximum absolute atomic E-state index is 13.6. The van der Waals surface area contributed by atoms with Gasteiger partial charge >= 0.3 is 5.97 Å². The van der Waals surface area contributed by atoms with Crippen molar-refractivity contribution in [2.24, 2.45) is 0 Å². The summed E-state index contributed by atoms with van der Waals surface area (Å²) >= 11 is 6.15. The number of carboxylic acids is 1. The number of benzene rings is 1. The molecule has 0 aliphatic heterocycles. The van der Waals surface area contributed by atoms with Crippen LogP contribution in [0.3, 0.4) is 0 Å². The number of anilines is 1. The summed E-state index contributed by atoms with van der Waals surface area (Å²) < 4.78 is 27.5. The fraction of sp³-hybridized carbons (Fsp3) is 0.143. The maximum atomic E-state index is 13.6. The number of rotatable bonds is 5. The molecular formula is C14H9Br2F2N3O4. The summed E-state index contributed by atoms with van der Waals surface area (Å²) in [6, 6.07) is 2.62. The maximum Gasteiger partial charge on any atom is 0.303 e. The Labute approximate surface area is 156 Å². The van der Waals surface area contributed by atoms with E-state index in [1.807, 2.05) is 0 Å². The molecule has 0 bridgehead atoms. The molecule has 0 fully saturated rings. The zero-order chi connectivity index (χ0) is 18.7. The molecule has 1 amide bonds. The first-order valence-electron chi connectivity index (χ1n) is 6.66. The van der Waals surface area contributed by atoms with Gasteiger partial charge in [0.25, 0.3) is 5.91 Å². The summed E-state index contributed by atoms with van der Waals surface area (Å²) in [7, 11) is 0. The first-order chi connectivity index (χ1) is 11.7. The predicted octanol–water partition coefficient (Wildman–Crippen LogP) is 3.44. The minimum atomic E-state index is -1.15. The number of aromatic nitrogens is 2. The minimum Gasteiger partial charge on any atom is -0.481 e. The Morgan fingerprint density at radius 2 is 1.88 bits per heavy atom. The van der Waals surface area contributed by atoms with E-state index >= 15 is 0 Å². The number of hydrogen-bond acceptors (Lipinski definition) is 4. The highest BCUT2D eigenvalue weighted by Gasteiger charge is 2.24. The molecule has 25 heavy (non-hydrogen) atoms. The molecule has 0 unspecified atom stereocenters. The van der Waals surface area contributed by atoms with Gasteiger partial charge in [0, 0.05) is 12.5 Å². The smallest absolute Gasteiger partial charge is 0.303 e. The molecule has 2 rings (SSSR count). The van der Waals surface area contributed by atoms with Crippen molar-refractivity contribution in [3.05, 3.63) is 44.6 Å². The number of carboxylic acid groups (broad SMARTS) is 1. The number of nitrogens with zero attached hydrogens (tertiary/aromatic N) is 2. The molecule has 132 valence electrons. The average Bonchev–Trinajstić information content (AvgIpc) is 2.84. The van der Waals surface area contributed by atoms with Gasteiger partial charge in [-0.25, -0.2) is 8.78 Å². The molecule has 1 heterocycles. The number of carbonyl (C=O) groups is 3. The average molecular weight is 481 g/mol. The van der Waals surface area contributed by atoms with Gasteiger partial charge in [-0.1, -0.05) is 0 Å². The summed E-state index contributed by atoms with van der Waals surface area (Å²) in [5, 5.41) is 14.6. The molecule has 0 aliphatic carbocycles. The number of nitrogens with one attached hydrogen (secondary N) is 1. The van der Waals surface area contributed by atoms with Crippen LogP contribution in [0.5, 0.6) is 0 Å². The van der Waals surface area contributed by atoms with E-state index in [9.17, 15) is 23.2 Å². The Morgan fingerprint density at radius 3 is 2.48 bits per heavy atom. The van der Waals surface area contributed by atoms with Crippen molar-refractivity contribution in [3.8, 4) is 0 Å². The lowest BCUT2D eigenvalue weighted by Gasteiger charge is -2.04. The van der Waals surface area contributed by atoms with Crippen LogP contribution in [0.2, 0.25) is 0 Å². The lowest BCUT2D eigenvalue weighted by molar-refractivity contribution is -0.137. The molecule has 0 atom stereocenters. The Balaban J connectivity index is 2.24. The second-order valence-corrected chi connectivity index (χ2v) is 6.28. The lowest BCUT2D eigenvalue weighted by Crippen LogP contribution is -2.17. The quantitative estimate of drug-likeness (QED) is 0.682. The van der Waals surface area contributed by atoms with E-state index in [0.29, 0.717) is 6.07 Å². The number of amides is 1. The minimum absolute atomic E-state index is 0.104. The molecule has 0 saturated heterocycles. The monoisotopic (exact) mass is 479 g/mol. The van der Waals surface area contributed by atoms with Crippen molar-refractivity contribution in [3.63, 3.8) is 0 Å². The Kier molecular flexibility index (Phi) is 6.01. The van der Waals surface area contributed by atoms with E-state index < -0.39 is 35.8 Å². The first-order valence-corrected chi connectivity index (χ1v) is 8.24. The lowest BCUT2D eigenvalue weighted by atomic mass is 10.3. The molecule has 0 aliphatic rings. The molecule has 1 aromatic carbocycles. The van der Waals surface area contributed by atoms with Gasteiger partial charge in [-0.2, -0.15) is 9.78 Å². The van der Waals surface area contributed by atoms with Crippen LogP contribution < -0.4 is 5.32 Å². The fourth-order valence-corrected chi connectivity index (χ4v) is 2.67. The molecular weight excluding hydrogens is 472 g/mol. The zero-order valence-electron chi connectivity index (χ0n) is 12.2. The second kappa shape index (κ2) is 7.83. The van der Waals surface area contributed by atoms with E-state index in [4.69, 9.17) is 5.11 Å². The van der Waals surface area contributed by atoms with E-state index in [1.54, 1.807) is 0 Å². The summed E-state index contributed by atoms with van der Waals surface area (Å²) in [6.07, 6.45) is -0.721. The summed E-state index contributed by atoms with van der Waals surface area (Å²) in [6.45, 7) is 0. The van der Waals surface area contributed by atoms with Crippen molar-refractivity contribution in [1.29, 1.82) is 0 Å². The number of carbonyl (C=O) groups excluding carboxylic acids is 2. The van der Waals surface area contributed by atoms with Crippen LogP contribution in [0.4, 0.5) is 14.5 Å². The van der Waals surface area contributed by atoms with Crippen LogP contribution in [-0.4, -0.2) is 32.7 Å². The number of aliphatic carboxylic acids is 1. The van der Waals surface area contributed by atoms with Crippen LogP contribution in [0.1, 0.15) is 28.1 Å². The Hall–Kier alpha value is -2.14. The van der Waals surface area contributed by atoms with Gasteiger partial charge in [0.05, 0.1) is 16.6 Å². The summed E-state index contributed by atoms with van der Waals surface area (Å²) in [5.74, 6) is -4.42. The molecule has 2 N–H and O–H groups in total. The van der Waals surface area contributed by atoms with Crippen LogP contribution in [0.15, 0.2) is 27.3 Å². The third kappa shape index (κ3) is 4.48. The van der Waals surface area contributed by atoms with Crippen molar-refractivity contribution in [1.82, 2.24) is 9.78 Å². The van der Waals surface area contributed by atoms with E-state index in [2.05, 4.69) is 42.3 Å². The van der Waals surface area contributed by atoms with Crippen molar-refractivity contribution < 1.29 is 28.3 Å². The molecule has 7 nitrogen and oxygen atoms in total. The van der Waals surface area contributed by atoms with Crippen molar-refractivity contribution >= 4 is 55.3 Å². The van der Waals surface area contributed by atoms with Gasteiger partial charge in [0.2, 0.25) is 5.91 Å². The SMILES string of the molecule is O=C(O)CCC(=O)n1nc(C(=O)Nc2ccc(F)cc2F)c(Br)c1Br. The second-order valence-electron chi connectivity index (χ2n) is 4.73. The fourth-order valence-electron chi connectivity index (χ4n) is 1.78. The molecule has 0 radical (unpaired) electrons. The third-order valence-corrected chi connectivity index (χ3v) is 4.97. The number of halogens is 4. The van der Waals surface area contributed by atoms with Crippen LogP contribution >= 0.6 is 31.9 Å². The third-order valence-electron chi connectivity index (χ3n) is 2.96. The largest absolute Gasteiger partial charge is 0.481 e. The van der Waals surface area contributed by atoms with E-state index in [0.717, 1.165) is 16.8 Å². The molecule has 2 aromatic rings. The van der Waals surface area contributed by atoms with Gasteiger partial charge in [-0.3, -0.25) is 14.4 Å². The van der Waals surface area contributed by atoms with E-state index in [1.165, 1.54) is 0 Å². The van der Waals surface area contributed by atoms with Gasteiger partial charge < -0.3 is 10.4 Å². The van der Waals surface area contributed by atoms with Gasteiger partial charge in [-0.05, 0) is 44.0 Å². The van der Waals surface area contributed by atoms with Crippen LogP contribution in [0, 0.1) is 11.6 Å². The van der Waals surface area contributed by atoms with Crippen molar-refractivity contribution in [2.75, 3.05) is 5.32 Å². The van der Waals surface area contributed by atoms with Gasteiger partial charge in [0.15, 0.2) is 5.69 Å². The highest BCUT2D eigenvalue weighted by Crippen LogP contribution is 2.28. The number of hydrogen-bond donors (Lipinski definition) is 2. The molecule has 0 saturated carbocycles. The van der Waals surface area contributed by atoms with Crippen molar-refractivity contribution in [2.45, 2.75) is 12.8 Å². The molecule has 0 spiro atoms. The normalized spacial score (nSPS) is 10.6. The van der Waals surface area contributed by atoms with Crippen LogP contribution in [0.25, 0.3) is 0 Å². The van der Waals surface area contributed by atoms with Gasteiger partial charge in [0.1, 0.15) is 16.2 Å². The highest BCUT2D eigenvalue weighted by molar-refractivity contribution is 9.13. The zero-order valence-corrected chi connectivity index (χ0v) is 15.4. The summed E-state index contributed by atoms with van der Waals surface area (Å²) in [4.78, 5) is 34.7. The predicted molar refractivity (Wildman–Crippen MR) is 89.4 cm³/mol. The van der Waals surface area contributed by atoms with Crippen LogP contribution in [-0.2, 0) is 4.79 Å². The Bertz CT molecular complexity index is 870. The summed E-state index contributed by atoms with van der Waals surface area (Å²) in [5.41, 5.74) is -0.500. The topological polar surface area (TPSA) is 101 Å². The Morgan fingerprint density at radius 1 is 1.20 bits per heavy atom. The van der Waals surface area contributed by atoms with Gasteiger partial charge in [-0.15, -0.1) is 0 Å².